The molecule has 2 saturated heterocycles. The largest absolute Gasteiger partial charge is 0.396 e. The van der Waals surface area contributed by atoms with Gasteiger partial charge in [0.2, 0.25) is 11.8 Å². The van der Waals surface area contributed by atoms with Gasteiger partial charge in [-0.05, 0) is 12.8 Å². The van der Waals surface area contributed by atoms with Crippen LogP contribution < -0.4 is 0 Å². The minimum absolute atomic E-state index is 0.00778. The third-order valence-electron chi connectivity index (χ3n) is 3.34. The van der Waals surface area contributed by atoms with Gasteiger partial charge in [-0.15, -0.1) is 0 Å². The van der Waals surface area contributed by atoms with E-state index in [2.05, 4.69) is 0 Å². The highest BCUT2D eigenvalue weighted by Gasteiger charge is 2.31. The molecule has 0 radical (unpaired) electrons. The van der Waals surface area contributed by atoms with Crippen LogP contribution in [0.1, 0.15) is 19.3 Å². The molecule has 0 aromatic heterocycles. The first-order valence-electron chi connectivity index (χ1n) is 5.87. The number of hydrogen-bond acceptors (Lipinski definition) is 3. The van der Waals surface area contributed by atoms with Gasteiger partial charge < -0.3 is 14.9 Å². The summed E-state index contributed by atoms with van der Waals surface area (Å²) < 4.78 is 0. The number of likely N-dealkylation sites (tertiary alicyclic amines) is 2. The molecule has 16 heavy (non-hydrogen) atoms. The van der Waals surface area contributed by atoms with Crippen molar-refractivity contribution in [3.63, 3.8) is 0 Å². The molecule has 2 aliphatic heterocycles. The molecule has 5 nitrogen and oxygen atoms in total. The van der Waals surface area contributed by atoms with Crippen LogP contribution in [0.4, 0.5) is 0 Å². The van der Waals surface area contributed by atoms with Crippen LogP contribution in [0.5, 0.6) is 0 Å². The molecule has 2 amide bonds. The summed E-state index contributed by atoms with van der Waals surface area (Å²) in [6.45, 7) is 2.39. The van der Waals surface area contributed by atoms with Gasteiger partial charge in [-0.25, -0.2) is 0 Å². The van der Waals surface area contributed by atoms with Crippen molar-refractivity contribution in [3.8, 4) is 0 Å². The van der Waals surface area contributed by atoms with E-state index in [1.165, 1.54) is 0 Å². The average molecular weight is 226 g/mol. The number of aliphatic hydroxyl groups is 1. The van der Waals surface area contributed by atoms with Gasteiger partial charge in [0.25, 0.3) is 0 Å². The zero-order chi connectivity index (χ0) is 11.5. The summed E-state index contributed by atoms with van der Waals surface area (Å²) >= 11 is 0. The second kappa shape index (κ2) is 4.82. The lowest BCUT2D eigenvalue weighted by Gasteiger charge is -2.20. The highest BCUT2D eigenvalue weighted by molar-refractivity contribution is 5.86. The minimum Gasteiger partial charge on any atom is -0.396 e. The third-order valence-corrected chi connectivity index (χ3v) is 3.34. The zero-order valence-corrected chi connectivity index (χ0v) is 9.39. The molecule has 1 unspecified atom stereocenters. The Balaban J connectivity index is 1.85. The van der Waals surface area contributed by atoms with Gasteiger partial charge in [-0.1, -0.05) is 0 Å². The Labute approximate surface area is 95.0 Å². The Kier molecular flexibility index (Phi) is 3.43. The van der Waals surface area contributed by atoms with E-state index in [0.29, 0.717) is 13.0 Å². The SMILES string of the molecule is O=C(CN1CC(CO)CC1=O)N1CCCC1. The summed E-state index contributed by atoms with van der Waals surface area (Å²) in [7, 11) is 0. The molecule has 0 spiro atoms. The molecule has 1 atom stereocenters. The summed E-state index contributed by atoms with van der Waals surface area (Å²) in [4.78, 5) is 26.7. The van der Waals surface area contributed by atoms with E-state index >= 15 is 0 Å². The Morgan fingerprint density at radius 2 is 2.06 bits per heavy atom. The molecule has 1 N–H and O–H groups in total. The normalized spacial score (nSPS) is 25.6. The third kappa shape index (κ3) is 2.35. The number of amides is 2. The Morgan fingerprint density at radius 3 is 2.62 bits per heavy atom. The number of carbonyl (C=O) groups excluding carboxylic acids is 2. The quantitative estimate of drug-likeness (QED) is 0.702. The number of carbonyl (C=O) groups is 2. The smallest absolute Gasteiger partial charge is 0.242 e. The van der Waals surface area contributed by atoms with Crippen molar-refractivity contribution in [2.45, 2.75) is 19.3 Å². The van der Waals surface area contributed by atoms with Crippen molar-refractivity contribution in [2.75, 3.05) is 32.8 Å². The number of rotatable bonds is 3. The van der Waals surface area contributed by atoms with Crippen LogP contribution in [0, 0.1) is 5.92 Å². The molecule has 0 aliphatic carbocycles. The topological polar surface area (TPSA) is 60.9 Å². The standard InChI is InChI=1S/C11H18N2O3/c14-8-9-5-10(15)13(6-9)7-11(16)12-3-1-2-4-12/h9,14H,1-8H2. The van der Waals surface area contributed by atoms with Gasteiger partial charge in [0, 0.05) is 38.6 Å². The molecule has 5 heteroatoms. The van der Waals surface area contributed by atoms with E-state index in [4.69, 9.17) is 5.11 Å². The van der Waals surface area contributed by atoms with Crippen molar-refractivity contribution in [1.82, 2.24) is 9.80 Å². The van der Waals surface area contributed by atoms with Crippen molar-refractivity contribution < 1.29 is 14.7 Å². The maximum absolute atomic E-state index is 11.8. The van der Waals surface area contributed by atoms with Crippen LogP contribution >= 0.6 is 0 Å². The molecule has 0 saturated carbocycles. The van der Waals surface area contributed by atoms with Crippen LogP contribution in [-0.2, 0) is 9.59 Å². The molecule has 2 aliphatic rings. The molecule has 0 aromatic rings. The Bertz CT molecular complexity index is 287. The lowest BCUT2D eigenvalue weighted by atomic mass is 10.1. The van der Waals surface area contributed by atoms with Gasteiger partial charge in [0.15, 0.2) is 0 Å². The molecule has 2 fully saturated rings. The maximum Gasteiger partial charge on any atom is 0.242 e. The molecule has 2 heterocycles. The summed E-state index contributed by atoms with van der Waals surface area (Å²) in [5, 5.41) is 8.97. The molecule has 90 valence electrons. The zero-order valence-electron chi connectivity index (χ0n) is 9.39. The summed E-state index contributed by atoms with van der Waals surface area (Å²) in [6, 6.07) is 0. The second-order valence-electron chi connectivity index (χ2n) is 4.61. The molecule has 0 bridgehead atoms. The predicted octanol–water partition coefficient (Wildman–Crippen LogP) is -0.550. The van der Waals surface area contributed by atoms with E-state index in [-0.39, 0.29) is 30.9 Å². The lowest BCUT2D eigenvalue weighted by Crippen LogP contribution is -2.39. The van der Waals surface area contributed by atoms with Crippen molar-refractivity contribution in [2.24, 2.45) is 5.92 Å². The van der Waals surface area contributed by atoms with Crippen molar-refractivity contribution in [1.29, 1.82) is 0 Å². The van der Waals surface area contributed by atoms with E-state index in [9.17, 15) is 9.59 Å². The van der Waals surface area contributed by atoms with Crippen LogP contribution in [0.25, 0.3) is 0 Å². The van der Waals surface area contributed by atoms with E-state index < -0.39 is 0 Å². The highest BCUT2D eigenvalue weighted by Crippen LogP contribution is 2.17. The van der Waals surface area contributed by atoms with Crippen LogP contribution in [0.15, 0.2) is 0 Å². The first-order valence-corrected chi connectivity index (χ1v) is 5.87. The van der Waals surface area contributed by atoms with Gasteiger partial charge in [0.1, 0.15) is 0 Å². The summed E-state index contributed by atoms with van der Waals surface area (Å²) in [5.74, 6) is 0.0508. The lowest BCUT2D eigenvalue weighted by molar-refractivity contribution is -0.137. The van der Waals surface area contributed by atoms with Gasteiger partial charge in [-0.2, -0.15) is 0 Å². The van der Waals surface area contributed by atoms with Crippen LogP contribution in [0.2, 0.25) is 0 Å². The van der Waals surface area contributed by atoms with Gasteiger partial charge in [0.05, 0.1) is 6.54 Å². The fourth-order valence-corrected chi connectivity index (χ4v) is 2.36. The van der Waals surface area contributed by atoms with Gasteiger partial charge in [-0.3, -0.25) is 9.59 Å². The fourth-order valence-electron chi connectivity index (χ4n) is 2.36. The molecule has 0 aromatic carbocycles. The second-order valence-corrected chi connectivity index (χ2v) is 4.61. The van der Waals surface area contributed by atoms with E-state index in [1.54, 1.807) is 4.90 Å². The molecular formula is C11H18N2O3. The molecule has 2 rings (SSSR count). The fraction of sp³-hybridized carbons (Fsp3) is 0.818. The first-order chi connectivity index (χ1) is 7.70. The number of nitrogens with zero attached hydrogens (tertiary/aromatic N) is 2. The van der Waals surface area contributed by atoms with Crippen molar-refractivity contribution in [3.05, 3.63) is 0 Å². The monoisotopic (exact) mass is 226 g/mol. The highest BCUT2D eigenvalue weighted by atomic mass is 16.3. The molecular weight excluding hydrogens is 208 g/mol. The number of hydrogen-bond donors (Lipinski definition) is 1. The average Bonchev–Trinajstić information content (AvgIpc) is 2.88. The Morgan fingerprint density at radius 1 is 1.38 bits per heavy atom. The summed E-state index contributed by atoms with van der Waals surface area (Å²) in [6.07, 6.45) is 2.52. The Hall–Kier alpha value is -1.10. The minimum atomic E-state index is -0.00778. The predicted molar refractivity (Wildman–Crippen MR) is 57.6 cm³/mol. The summed E-state index contributed by atoms with van der Waals surface area (Å²) in [5.41, 5.74) is 0. The maximum atomic E-state index is 11.8. The van der Waals surface area contributed by atoms with E-state index in [0.717, 1.165) is 25.9 Å². The first kappa shape index (κ1) is 11.4. The van der Waals surface area contributed by atoms with Crippen molar-refractivity contribution >= 4 is 11.8 Å². The van der Waals surface area contributed by atoms with Gasteiger partial charge >= 0.3 is 0 Å². The van der Waals surface area contributed by atoms with Crippen LogP contribution in [-0.4, -0.2) is 59.5 Å². The van der Waals surface area contributed by atoms with Crippen LogP contribution in [0.3, 0.4) is 0 Å². The van der Waals surface area contributed by atoms with E-state index in [1.807, 2.05) is 4.90 Å². The number of aliphatic hydroxyl groups excluding tert-OH is 1.